The minimum Gasteiger partial charge on any atom is -0.459 e. The fraction of sp³-hybridized carbons (Fsp3) is 0.632. The van der Waals surface area contributed by atoms with Gasteiger partial charge in [-0.15, -0.1) is 0 Å². The first-order valence-corrected chi connectivity index (χ1v) is 11.0. The van der Waals surface area contributed by atoms with E-state index in [1.54, 1.807) is 31.9 Å². The first-order valence-electron chi connectivity index (χ1n) is 9.81. The van der Waals surface area contributed by atoms with Gasteiger partial charge < -0.3 is 19.3 Å². The van der Waals surface area contributed by atoms with Gasteiger partial charge in [-0.25, -0.2) is 9.78 Å². The molecule has 1 fully saturated rings. The van der Waals surface area contributed by atoms with Gasteiger partial charge in [0.15, 0.2) is 10.9 Å². The summed E-state index contributed by atoms with van der Waals surface area (Å²) >= 11 is 1.19. The highest BCUT2D eigenvalue weighted by atomic mass is 32.2. The van der Waals surface area contributed by atoms with Crippen LogP contribution in [-0.4, -0.2) is 69.4 Å². The zero-order valence-corrected chi connectivity index (χ0v) is 19.5. The van der Waals surface area contributed by atoms with Crippen molar-refractivity contribution in [3.63, 3.8) is 0 Å². The van der Waals surface area contributed by atoms with E-state index in [4.69, 9.17) is 9.47 Å². The summed E-state index contributed by atoms with van der Waals surface area (Å²) in [5, 5.41) is 21.4. The van der Waals surface area contributed by atoms with Crippen LogP contribution in [0.1, 0.15) is 39.8 Å². The molecule has 0 aliphatic carbocycles. The van der Waals surface area contributed by atoms with Gasteiger partial charge >= 0.3 is 17.7 Å². The molecule has 0 aromatic carbocycles. The van der Waals surface area contributed by atoms with Crippen molar-refractivity contribution < 1.29 is 24.0 Å². The molecule has 1 amide bonds. The summed E-state index contributed by atoms with van der Waals surface area (Å²) in [6.45, 7) is 6.65. The van der Waals surface area contributed by atoms with Gasteiger partial charge in [0.1, 0.15) is 12.2 Å². The summed E-state index contributed by atoms with van der Waals surface area (Å²) in [4.78, 5) is 46.7. The van der Waals surface area contributed by atoms with Crippen LogP contribution in [-0.2, 0) is 20.9 Å². The minimum absolute atomic E-state index is 0.0182. The number of aromatic nitrogens is 2. The second-order valence-corrected chi connectivity index (χ2v) is 8.78. The Morgan fingerprint density at radius 3 is 2.56 bits per heavy atom. The molecule has 13 heteroatoms. The summed E-state index contributed by atoms with van der Waals surface area (Å²) < 4.78 is 10.4. The predicted molar refractivity (Wildman–Crippen MR) is 115 cm³/mol. The lowest BCUT2D eigenvalue weighted by molar-refractivity contribution is -0.385. The van der Waals surface area contributed by atoms with E-state index >= 15 is 0 Å². The number of hydrogen-bond acceptors (Lipinski definition) is 11. The number of carbonyl (C=O) groups is 2. The second-order valence-electron chi connectivity index (χ2n) is 8.00. The number of esters is 1. The van der Waals surface area contributed by atoms with Gasteiger partial charge in [0, 0.05) is 26.6 Å². The highest BCUT2D eigenvalue weighted by Crippen LogP contribution is 2.33. The first kappa shape index (κ1) is 25.1. The van der Waals surface area contributed by atoms with Gasteiger partial charge in [0.05, 0.1) is 23.5 Å². The fourth-order valence-electron chi connectivity index (χ4n) is 3.12. The molecule has 1 saturated heterocycles. The molecule has 32 heavy (non-hydrogen) atoms. The Morgan fingerprint density at radius 2 is 2.03 bits per heavy atom. The number of nitrogens with zero attached hydrogens (tertiary/aromatic N) is 6. The maximum atomic E-state index is 12.6. The monoisotopic (exact) mass is 466 g/mol. The number of carbonyl (C=O) groups excluding carboxylic acids is 2. The van der Waals surface area contributed by atoms with E-state index in [-0.39, 0.29) is 55.0 Å². The Bertz CT molecular complexity index is 928. The molecule has 2 rings (SSSR count). The molecule has 0 radical (unpaired) electrons. The number of anilines is 1. The molecule has 174 valence electrons. The smallest absolute Gasteiger partial charge is 0.410 e. The third kappa shape index (κ3) is 6.43. The molecule has 0 N–H and O–H groups in total. The van der Waals surface area contributed by atoms with Gasteiger partial charge in [0.2, 0.25) is 5.82 Å². The summed E-state index contributed by atoms with van der Waals surface area (Å²) in [5.41, 5.74) is -1.09. The number of thioether (sulfide) groups is 1. The minimum atomic E-state index is -0.699. The Balaban J connectivity index is 2.41. The van der Waals surface area contributed by atoms with Crippen molar-refractivity contribution in [2.45, 2.75) is 57.5 Å². The molecule has 1 aliphatic heterocycles. The van der Waals surface area contributed by atoms with Crippen molar-refractivity contribution in [3.8, 4) is 6.07 Å². The molecule has 1 atom stereocenters. The zero-order valence-electron chi connectivity index (χ0n) is 18.7. The normalized spacial score (nSPS) is 16.3. The first-order chi connectivity index (χ1) is 15.0. The van der Waals surface area contributed by atoms with Gasteiger partial charge in [-0.3, -0.25) is 14.9 Å². The van der Waals surface area contributed by atoms with Gasteiger partial charge in [-0.1, -0.05) is 11.8 Å². The van der Waals surface area contributed by atoms with Gasteiger partial charge in [0.25, 0.3) is 0 Å². The van der Waals surface area contributed by atoms with Crippen molar-refractivity contribution in [3.05, 3.63) is 15.8 Å². The molecule has 0 spiro atoms. The van der Waals surface area contributed by atoms with Crippen LogP contribution in [0.2, 0.25) is 0 Å². The maximum absolute atomic E-state index is 12.6. The highest BCUT2D eigenvalue weighted by Gasteiger charge is 2.37. The van der Waals surface area contributed by atoms with Crippen molar-refractivity contribution in [1.82, 2.24) is 14.9 Å². The molecule has 1 aliphatic rings. The highest BCUT2D eigenvalue weighted by molar-refractivity contribution is 7.98. The van der Waals surface area contributed by atoms with E-state index < -0.39 is 28.6 Å². The van der Waals surface area contributed by atoms with Crippen molar-refractivity contribution in [1.29, 1.82) is 5.26 Å². The summed E-state index contributed by atoms with van der Waals surface area (Å²) in [7, 11) is 0. The predicted octanol–water partition coefficient (Wildman–Crippen LogP) is 2.51. The van der Waals surface area contributed by atoms with E-state index in [1.807, 2.05) is 0 Å². The standard InChI is InChI=1S/C19H26N6O6S/c1-12(26)30-11-14-15(25(28)29)16(22-17(21-14)32-5)23-8-9-24(13(10-23)6-7-20)18(27)31-19(2,3)4/h13H,6,8-11H2,1-5H3. The van der Waals surface area contributed by atoms with Gasteiger partial charge in [-0.05, 0) is 27.0 Å². The summed E-state index contributed by atoms with van der Waals surface area (Å²) in [6.07, 6.45) is 1.19. The van der Waals surface area contributed by atoms with Crippen molar-refractivity contribution >= 4 is 35.3 Å². The number of piperazine rings is 1. The Morgan fingerprint density at radius 1 is 1.34 bits per heavy atom. The Hall–Kier alpha value is -3.14. The van der Waals surface area contributed by atoms with E-state index in [9.17, 15) is 25.0 Å². The maximum Gasteiger partial charge on any atom is 0.410 e. The number of nitro groups is 1. The second kappa shape index (κ2) is 10.4. The number of amides is 1. The van der Waals surface area contributed by atoms with E-state index in [1.165, 1.54) is 23.6 Å². The van der Waals surface area contributed by atoms with Crippen LogP contribution < -0.4 is 4.90 Å². The molecular formula is C19H26N6O6S. The van der Waals surface area contributed by atoms with E-state index in [2.05, 4.69) is 16.0 Å². The number of hydrogen-bond donors (Lipinski definition) is 0. The lowest BCUT2D eigenvalue weighted by Gasteiger charge is -2.41. The summed E-state index contributed by atoms with van der Waals surface area (Å²) in [5.74, 6) is -0.534. The SMILES string of the molecule is CSc1nc(COC(C)=O)c([N+](=O)[O-])c(N2CCN(C(=O)OC(C)(C)C)C(CC#N)C2)n1. The van der Waals surface area contributed by atoms with Crippen LogP contribution in [0.25, 0.3) is 0 Å². The van der Waals surface area contributed by atoms with Crippen LogP contribution in [0.5, 0.6) is 0 Å². The average molecular weight is 467 g/mol. The number of rotatable bonds is 6. The number of ether oxygens (including phenoxy) is 2. The molecule has 1 aromatic rings. The Labute approximate surface area is 190 Å². The molecule has 1 aromatic heterocycles. The molecule has 2 heterocycles. The molecule has 0 saturated carbocycles. The lowest BCUT2D eigenvalue weighted by atomic mass is 10.1. The quantitative estimate of drug-likeness (QED) is 0.200. The molecular weight excluding hydrogens is 440 g/mol. The largest absolute Gasteiger partial charge is 0.459 e. The Kier molecular flexibility index (Phi) is 8.20. The fourth-order valence-corrected chi connectivity index (χ4v) is 3.50. The van der Waals surface area contributed by atoms with Gasteiger partial charge in [-0.2, -0.15) is 10.2 Å². The lowest BCUT2D eigenvalue weighted by Crippen LogP contribution is -2.56. The number of nitriles is 1. The van der Waals surface area contributed by atoms with Crippen LogP contribution in [0.4, 0.5) is 16.3 Å². The van der Waals surface area contributed by atoms with Crippen molar-refractivity contribution in [2.24, 2.45) is 0 Å². The third-order valence-corrected chi connectivity index (χ3v) is 4.98. The third-order valence-electron chi connectivity index (χ3n) is 4.43. The molecule has 0 bridgehead atoms. The van der Waals surface area contributed by atoms with Crippen molar-refractivity contribution in [2.75, 3.05) is 30.8 Å². The van der Waals surface area contributed by atoms with Crippen LogP contribution in [0.3, 0.4) is 0 Å². The average Bonchev–Trinajstić information content (AvgIpc) is 2.70. The van der Waals surface area contributed by atoms with E-state index in [0.29, 0.717) is 0 Å². The van der Waals surface area contributed by atoms with Crippen LogP contribution in [0, 0.1) is 21.4 Å². The zero-order chi connectivity index (χ0) is 24.1. The van der Waals surface area contributed by atoms with E-state index in [0.717, 1.165) is 0 Å². The molecule has 12 nitrogen and oxygen atoms in total. The van der Waals surface area contributed by atoms with Crippen LogP contribution in [0.15, 0.2) is 5.16 Å². The topological polar surface area (TPSA) is 152 Å². The summed E-state index contributed by atoms with van der Waals surface area (Å²) in [6, 6.07) is 1.51. The molecule has 1 unspecified atom stereocenters. The van der Waals surface area contributed by atoms with Crippen LogP contribution >= 0.6 is 11.8 Å².